The van der Waals surface area contributed by atoms with E-state index in [9.17, 15) is 0 Å². The van der Waals surface area contributed by atoms with Crippen molar-refractivity contribution in [2.24, 2.45) is 0 Å². The van der Waals surface area contributed by atoms with Gasteiger partial charge in [0, 0.05) is 19.8 Å². The van der Waals surface area contributed by atoms with Crippen molar-refractivity contribution in [2.75, 3.05) is 26.9 Å². The van der Waals surface area contributed by atoms with Crippen molar-refractivity contribution < 1.29 is 5.11 Å². The molecule has 2 N–H and O–H groups in total. The lowest BCUT2D eigenvalue weighted by Crippen LogP contribution is -2.33. The second-order valence-electron chi connectivity index (χ2n) is 3.27. The Morgan fingerprint density at radius 2 is 2.00 bits per heavy atom. The number of aliphatic hydroxyl groups excluding tert-OH is 1. The normalized spacial score (nSPS) is 10.8. The van der Waals surface area contributed by atoms with E-state index in [0.717, 1.165) is 13.2 Å². The van der Waals surface area contributed by atoms with Gasteiger partial charge in [0.25, 0.3) is 0 Å². The van der Waals surface area contributed by atoms with E-state index >= 15 is 0 Å². The van der Waals surface area contributed by atoms with Crippen LogP contribution >= 0.6 is 0 Å². The fraction of sp³-hybridized carbons (Fsp3) is 0.455. The highest BCUT2D eigenvalue weighted by molar-refractivity contribution is 5.14. The standard InChI is InChI=1S/C11H18N2O/c1-12-10-13(7-8-14)9-11-5-3-2-4-6-11/h2-6,12,14H,7-10H2,1H3. The Hall–Kier alpha value is -0.900. The minimum absolute atomic E-state index is 0.203. The molecule has 1 rings (SSSR count). The van der Waals surface area contributed by atoms with Crippen LogP contribution < -0.4 is 5.32 Å². The summed E-state index contributed by atoms with van der Waals surface area (Å²) < 4.78 is 0. The van der Waals surface area contributed by atoms with Gasteiger partial charge in [0.15, 0.2) is 0 Å². The molecule has 0 radical (unpaired) electrons. The SMILES string of the molecule is CNCN(CCO)Cc1ccccc1. The summed E-state index contributed by atoms with van der Waals surface area (Å²) in [6.07, 6.45) is 0. The molecule has 0 aromatic heterocycles. The largest absolute Gasteiger partial charge is 0.395 e. The van der Waals surface area contributed by atoms with Crippen LogP contribution in [0, 0.1) is 0 Å². The van der Waals surface area contributed by atoms with E-state index in [2.05, 4.69) is 22.3 Å². The third-order valence-corrected chi connectivity index (χ3v) is 2.05. The highest BCUT2D eigenvalue weighted by Gasteiger charge is 2.02. The lowest BCUT2D eigenvalue weighted by Gasteiger charge is -2.20. The monoisotopic (exact) mass is 194 g/mol. The summed E-state index contributed by atoms with van der Waals surface area (Å²) >= 11 is 0. The molecule has 1 aromatic rings. The zero-order valence-corrected chi connectivity index (χ0v) is 8.61. The van der Waals surface area contributed by atoms with Crippen molar-refractivity contribution in [3.05, 3.63) is 35.9 Å². The van der Waals surface area contributed by atoms with Crippen LogP contribution in [0.5, 0.6) is 0 Å². The minimum atomic E-state index is 0.203. The van der Waals surface area contributed by atoms with Gasteiger partial charge in [-0.15, -0.1) is 0 Å². The van der Waals surface area contributed by atoms with Gasteiger partial charge in [0.1, 0.15) is 0 Å². The Bertz CT molecular complexity index is 232. The van der Waals surface area contributed by atoms with E-state index in [1.54, 1.807) is 0 Å². The summed E-state index contributed by atoms with van der Waals surface area (Å²) in [5.74, 6) is 0. The van der Waals surface area contributed by atoms with Crippen molar-refractivity contribution in [3.8, 4) is 0 Å². The fourth-order valence-electron chi connectivity index (χ4n) is 1.42. The Labute approximate surface area is 85.4 Å². The lowest BCUT2D eigenvalue weighted by molar-refractivity contribution is 0.183. The summed E-state index contributed by atoms with van der Waals surface area (Å²) in [6.45, 7) is 2.59. The molecule has 0 aliphatic rings. The number of nitrogens with zero attached hydrogens (tertiary/aromatic N) is 1. The Morgan fingerprint density at radius 3 is 2.57 bits per heavy atom. The van der Waals surface area contributed by atoms with Crippen LogP contribution in [0.4, 0.5) is 0 Å². The van der Waals surface area contributed by atoms with Crippen molar-refractivity contribution in [2.45, 2.75) is 6.54 Å². The first-order valence-electron chi connectivity index (χ1n) is 4.88. The zero-order valence-electron chi connectivity index (χ0n) is 8.61. The molecule has 14 heavy (non-hydrogen) atoms. The van der Waals surface area contributed by atoms with Crippen molar-refractivity contribution in [1.29, 1.82) is 0 Å². The van der Waals surface area contributed by atoms with Gasteiger partial charge in [-0.05, 0) is 12.6 Å². The third kappa shape index (κ3) is 3.87. The number of hydrogen-bond donors (Lipinski definition) is 2. The Kier molecular flexibility index (Phi) is 5.22. The molecule has 0 aliphatic heterocycles. The second-order valence-corrected chi connectivity index (χ2v) is 3.27. The maximum absolute atomic E-state index is 8.87. The first-order chi connectivity index (χ1) is 6.86. The summed E-state index contributed by atoms with van der Waals surface area (Å²) in [7, 11) is 1.91. The molecule has 0 fully saturated rings. The van der Waals surface area contributed by atoms with E-state index < -0.39 is 0 Å². The molecule has 78 valence electrons. The molecule has 0 amide bonds. The summed E-state index contributed by atoms with van der Waals surface area (Å²) in [5.41, 5.74) is 1.27. The van der Waals surface area contributed by atoms with Crippen LogP contribution in [0.3, 0.4) is 0 Å². The summed E-state index contributed by atoms with van der Waals surface area (Å²) in [4.78, 5) is 2.16. The minimum Gasteiger partial charge on any atom is -0.395 e. The molecule has 3 nitrogen and oxygen atoms in total. The van der Waals surface area contributed by atoms with Crippen molar-refractivity contribution in [1.82, 2.24) is 10.2 Å². The lowest BCUT2D eigenvalue weighted by atomic mass is 10.2. The average molecular weight is 194 g/mol. The highest BCUT2D eigenvalue weighted by Crippen LogP contribution is 2.02. The van der Waals surface area contributed by atoms with Gasteiger partial charge in [-0.2, -0.15) is 0 Å². The van der Waals surface area contributed by atoms with Crippen LogP contribution in [0.15, 0.2) is 30.3 Å². The van der Waals surface area contributed by atoms with Gasteiger partial charge in [-0.3, -0.25) is 4.90 Å². The molecule has 0 spiro atoms. The number of rotatable bonds is 6. The molecule has 0 bridgehead atoms. The molecule has 0 unspecified atom stereocenters. The highest BCUT2D eigenvalue weighted by atomic mass is 16.3. The number of benzene rings is 1. The van der Waals surface area contributed by atoms with Gasteiger partial charge in [0.05, 0.1) is 6.61 Å². The zero-order chi connectivity index (χ0) is 10.2. The molecular weight excluding hydrogens is 176 g/mol. The van der Waals surface area contributed by atoms with E-state index in [1.165, 1.54) is 5.56 Å². The molecule has 0 heterocycles. The van der Waals surface area contributed by atoms with Crippen molar-refractivity contribution >= 4 is 0 Å². The summed E-state index contributed by atoms with van der Waals surface area (Å²) in [5, 5.41) is 12.0. The third-order valence-electron chi connectivity index (χ3n) is 2.05. The molecule has 0 atom stereocenters. The molecule has 0 saturated carbocycles. The van der Waals surface area contributed by atoms with Gasteiger partial charge in [-0.1, -0.05) is 30.3 Å². The maximum atomic E-state index is 8.87. The average Bonchev–Trinajstić information content (AvgIpc) is 2.20. The van der Waals surface area contributed by atoms with E-state index in [1.807, 2.05) is 25.2 Å². The van der Waals surface area contributed by atoms with Crippen LogP contribution in [-0.2, 0) is 6.54 Å². The van der Waals surface area contributed by atoms with E-state index in [0.29, 0.717) is 6.54 Å². The first-order valence-corrected chi connectivity index (χ1v) is 4.88. The fourth-order valence-corrected chi connectivity index (χ4v) is 1.42. The second kappa shape index (κ2) is 6.54. The number of hydrogen-bond acceptors (Lipinski definition) is 3. The number of nitrogens with one attached hydrogen (secondary N) is 1. The predicted molar refractivity (Wildman–Crippen MR) is 57.9 cm³/mol. The van der Waals surface area contributed by atoms with E-state index in [-0.39, 0.29) is 6.61 Å². The van der Waals surface area contributed by atoms with Crippen LogP contribution in [0.25, 0.3) is 0 Å². The maximum Gasteiger partial charge on any atom is 0.0559 e. The quantitative estimate of drug-likeness (QED) is 0.653. The number of aliphatic hydroxyl groups is 1. The van der Waals surface area contributed by atoms with Gasteiger partial charge >= 0.3 is 0 Å². The molecule has 3 heteroatoms. The molecule has 0 aliphatic carbocycles. The van der Waals surface area contributed by atoms with Gasteiger partial charge < -0.3 is 10.4 Å². The van der Waals surface area contributed by atoms with Crippen LogP contribution in [-0.4, -0.2) is 36.9 Å². The van der Waals surface area contributed by atoms with Crippen LogP contribution in [0.2, 0.25) is 0 Å². The Morgan fingerprint density at radius 1 is 1.29 bits per heavy atom. The smallest absolute Gasteiger partial charge is 0.0559 e. The molecule has 1 aromatic carbocycles. The van der Waals surface area contributed by atoms with E-state index in [4.69, 9.17) is 5.11 Å². The topological polar surface area (TPSA) is 35.5 Å². The van der Waals surface area contributed by atoms with Crippen LogP contribution in [0.1, 0.15) is 5.56 Å². The predicted octanol–water partition coefficient (Wildman–Crippen LogP) is 0.658. The Balaban J connectivity index is 2.46. The summed E-state index contributed by atoms with van der Waals surface area (Å²) in [6, 6.07) is 10.3. The molecular formula is C11H18N2O. The molecule has 0 saturated heterocycles. The van der Waals surface area contributed by atoms with Gasteiger partial charge in [-0.25, -0.2) is 0 Å². The van der Waals surface area contributed by atoms with Crippen molar-refractivity contribution in [3.63, 3.8) is 0 Å². The first kappa shape index (κ1) is 11.2. The van der Waals surface area contributed by atoms with Gasteiger partial charge in [0.2, 0.25) is 0 Å².